The van der Waals surface area contributed by atoms with Gasteiger partial charge in [-0.25, -0.2) is 9.97 Å². The van der Waals surface area contributed by atoms with Crippen molar-refractivity contribution in [2.75, 3.05) is 11.4 Å². The second-order valence-corrected chi connectivity index (χ2v) is 7.36. The van der Waals surface area contributed by atoms with Crippen molar-refractivity contribution in [1.82, 2.24) is 9.97 Å². The molecule has 0 saturated carbocycles. The lowest BCUT2D eigenvalue weighted by Crippen LogP contribution is -2.15. The summed E-state index contributed by atoms with van der Waals surface area (Å²) in [5.41, 5.74) is 4.15. The van der Waals surface area contributed by atoms with Crippen molar-refractivity contribution in [3.05, 3.63) is 71.5 Å². The SMILES string of the molecule is CCCCC(=O)c1cccc2c1CCN2c1cc(Oc2cccc(C)c2)ncn1. The van der Waals surface area contributed by atoms with Crippen LogP contribution in [0.4, 0.5) is 11.5 Å². The first-order chi connectivity index (χ1) is 14.2. The quantitative estimate of drug-likeness (QED) is 0.491. The number of anilines is 2. The molecule has 1 aliphatic heterocycles. The fourth-order valence-corrected chi connectivity index (χ4v) is 3.74. The van der Waals surface area contributed by atoms with Crippen LogP contribution in [-0.4, -0.2) is 22.3 Å². The molecule has 148 valence electrons. The zero-order valence-corrected chi connectivity index (χ0v) is 16.9. The first-order valence-electron chi connectivity index (χ1n) is 10.1. The van der Waals surface area contributed by atoms with E-state index in [2.05, 4.69) is 27.9 Å². The van der Waals surface area contributed by atoms with Crippen LogP contribution < -0.4 is 9.64 Å². The van der Waals surface area contributed by atoms with Gasteiger partial charge in [0.25, 0.3) is 0 Å². The number of ether oxygens (including phenoxy) is 1. The van der Waals surface area contributed by atoms with Crippen molar-refractivity contribution in [1.29, 1.82) is 0 Å². The summed E-state index contributed by atoms with van der Waals surface area (Å²) in [5.74, 6) is 2.26. The maximum absolute atomic E-state index is 12.6. The van der Waals surface area contributed by atoms with Crippen LogP contribution in [0.1, 0.15) is 47.7 Å². The molecule has 4 rings (SSSR count). The van der Waals surface area contributed by atoms with Crippen LogP contribution in [0, 0.1) is 6.92 Å². The highest BCUT2D eigenvalue weighted by Gasteiger charge is 2.26. The number of benzene rings is 2. The Labute approximate surface area is 171 Å². The maximum Gasteiger partial charge on any atom is 0.224 e. The molecule has 0 amide bonds. The normalized spacial score (nSPS) is 12.7. The molecular formula is C24H25N3O2. The standard InChI is InChI=1S/C24H25N3O2/c1-3-4-11-22(28)20-9-6-10-21-19(20)12-13-27(21)23-15-24(26-16-25-23)29-18-8-5-7-17(2)14-18/h5-10,14-16H,3-4,11-13H2,1-2H3. The molecule has 0 bridgehead atoms. The highest BCUT2D eigenvalue weighted by atomic mass is 16.5. The Hall–Kier alpha value is -3.21. The molecule has 0 atom stereocenters. The lowest BCUT2D eigenvalue weighted by Gasteiger charge is -2.19. The van der Waals surface area contributed by atoms with E-state index in [0.29, 0.717) is 12.3 Å². The highest BCUT2D eigenvalue weighted by Crippen LogP contribution is 2.37. The van der Waals surface area contributed by atoms with Crippen molar-refractivity contribution in [2.24, 2.45) is 0 Å². The minimum absolute atomic E-state index is 0.233. The Balaban J connectivity index is 1.59. The summed E-state index contributed by atoms with van der Waals surface area (Å²) in [4.78, 5) is 23.5. The third-order valence-corrected chi connectivity index (χ3v) is 5.20. The molecule has 0 saturated heterocycles. The maximum atomic E-state index is 12.6. The second kappa shape index (κ2) is 8.43. The number of hydrogen-bond donors (Lipinski definition) is 0. The summed E-state index contributed by atoms with van der Waals surface area (Å²) in [6.07, 6.45) is 4.92. The van der Waals surface area contributed by atoms with Gasteiger partial charge in [-0.05, 0) is 49.1 Å². The zero-order valence-electron chi connectivity index (χ0n) is 16.9. The average Bonchev–Trinajstić information content (AvgIpc) is 3.16. The van der Waals surface area contributed by atoms with Crippen molar-refractivity contribution < 1.29 is 9.53 Å². The van der Waals surface area contributed by atoms with Gasteiger partial charge in [-0.1, -0.05) is 37.6 Å². The molecule has 0 radical (unpaired) electrons. The Morgan fingerprint density at radius 1 is 1.14 bits per heavy atom. The van der Waals surface area contributed by atoms with Crippen LogP contribution in [0.5, 0.6) is 11.6 Å². The van der Waals surface area contributed by atoms with Crippen molar-refractivity contribution in [3.8, 4) is 11.6 Å². The Kier molecular flexibility index (Phi) is 5.56. The van der Waals surface area contributed by atoms with Gasteiger partial charge in [0.1, 0.15) is 17.9 Å². The molecule has 5 nitrogen and oxygen atoms in total. The van der Waals surface area contributed by atoms with Gasteiger partial charge in [-0.2, -0.15) is 0 Å². The number of carbonyl (C=O) groups is 1. The zero-order chi connectivity index (χ0) is 20.2. The molecule has 3 aromatic rings. The fourth-order valence-electron chi connectivity index (χ4n) is 3.74. The van der Waals surface area contributed by atoms with Crippen LogP contribution in [0.3, 0.4) is 0 Å². The molecular weight excluding hydrogens is 362 g/mol. The van der Waals surface area contributed by atoms with E-state index < -0.39 is 0 Å². The summed E-state index contributed by atoms with van der Waals surface area (Å²) in [6.45, 7) is 4.92. The predicted molar refractivity (Wildman–Crippen MR) is 114 cm³/mol. The topological polar surface area (TPSA) is 55.3 Å². The lowest BCUT2D eigenvalue weighted by molar-refractivity contribution is 0.0979. The summed E-state index contributed by atoms with van der Waals surface area (Å²) < 4.78 is 5.92. The van der Waals surface area contributed by atoms with Crippen molar-refractivity contribution in [2.45, 2.75) is 39.5 Å². The molecule has 1 aliphatic rings. The van der Waals surface area contributed by atoms with Crippen molar-refractivity contribution in [3.63, 3.8) is 0 Å². The molecule has 2 heterocycles. The van der Waals surface area contributed by atoms with Gasteiger partial charge >= 0.3 is 0 Å². The average molecular weight is 387 g/mol. The molecule has 0 N–H and O–H groups in total. The van der Waals surface area contributed by atoms with E-state index in [1.54, 1.807) is 0 Å². The molecule has 0 unspecified atom stereocenters. The number of rotatable bonds is 7. The molecule has 29 heavy (non-hydrogen) atoms. The van der Waals surface area contributed by atoms with Gasteiger partial charge in [0, 0.05) is 30.3 Å². The number of Topliss-reactive ketones (excluding diaryl/α,β-unsaturated/α-hetero) is 1. The number of carbonyl (C=O) groups excluding carboxylic acids is 1. The van der Waals surface area contributed by atoms with Crippen LogP contribution in [0.15, 0.2) is 54.9 Å². The van der Waals surface area contributed by atoms with Crippen LogP contribution in [0.25, 0.3) is 0 Å². The van der Waals surface area contributed by atoms with Gasteiger partial charge in [0.05, 0.1) is 0 Å². The number of ketones is 1. The first-order valence-corrected chi connectivity index (χ1v) is 10.1. The van der Waals surface area contributed by atoms with Crippen LogP contribution in [0.2, 0.25) is 0 Å². The molecule has 0 spiro atoms. The minimum Gasteiger partial charge on any atom is -0.439 e. The predicted octanol–water partition coefficient (Wildman–Crippen LogP) is 5.64. The van der Waals surface area contributed by atoms with Gasteiger partial charge in [-0.3, -0.25) is 4.79 Å². The smallest absolute Gasteiger partial charge is 0.224 e. The van der Waals surface area contributed by atoms with Gasteiger partial charge in [-0.15, -0.1) is 0 Å². The lowest BCUT2D eigenvalue weighted by atomic mass is 9.98. The van der Waals surface area contributed by atoms with E-state index in [4.69, 9.17) is 4.74 Å². The van der Waals surface area contributed by atoms with E-state index in [9.17, 15) is 4.79 Å². The number of aromatic nitrogens is 2. The molecule has 2 aromatic carbocycles. The van der Waals surface area contributed by atoms with E-state index in [1.165, 1.54) is 6.33 Å². The molecule has 1 aromatic heterocycles. The fraction of sp³-hybridized carbons (Fsp3) is 0.292. The number of hydrogen-bond acceptors (Lipinski definition) is 5. The van der Waals surface area contributed by atoms with E-state index >= 15 is 0 Å². The number of fused-ring (bicyclic) bond motifs is 1. The van der Waals surface area contributed by atoms with Crippen molar-refractivity contribution >= 4 is 17.3 Å². The third-order valence-electron chi connectivity index (χ3n) is 5.20. The van der Waals surface area contributed by atoms with Crippen LogP contribution in [-0.2, 0) is 6.42 Å². The summed E-state index contributed by atoms with van der Waals surface area (Å²) in [6, 6.07) is 15.7. The van der Waals surface area contributed by atoms with Crippen LogP contribution >= 0.6 is 0 Å². The largest absolute Gasteiger partial charge is 0.439 e. The monoisotopic (exact) mass is 387 g/mol. The Morgan fingerprint density at radius 3 is 2.83 bits per heavy atom. The number of unbranched alkanes of at least 4 members (excludes halogenated alkanes) is 1. The van der Waals surface area contributed by atoms with E-state index in [1.807, 2.05) is 49.4 Å². The highest BCUT2D eigenvalue weighted by molar-refractivity contribution is 5.99. The van der Waals surface area contributed by atoms with Gasteiger partial charge in [0.15, 0.2) is 5.78 Å². The van der Waals surface area contributed by atoms with Gasteiger partial charge in [0.2, 0.25) is 5.88 Å². The summed E-state index contributed by atoms with van der Waals surface area (Å²) in [7, 11) is 0. The molecule has 0 fully saturated rings. The van der Waals surface area contributed by atoms with E-state index in [0.717, 1.165) is 59.8 Å². The first kappa shape index (κ1) is 19.1. The summed E-state index contributed by atoms with van der Waals surface area (Å²) >= 11 is 0. The molecule has 5 heteroatoms. The number of aryl methyl sites for hydroxylation is 1. The minimum atomic E-state index is 0.233. The summed E-state index contributed by atoms with van der Waals surface area (Å²) in [5, 5.41) is 0. The molecule has 0 aliphatic carbocycles. The Bertz CT molecular complexity index is 1030. The third kappa shape index (κ3) is 4.14. The number of nitrogens with zero attached hydrogens (tertiary/aromatic N) is 3. The second-order valence-electron chi connectivity index (χ2n) is 7.36. The Morgan fingerprint density at radius 2 is 2.00 bits per heavy atom. The van der Waals surface area contributed by atoms with E-state index in [-0.39, 0.29) is 5.78 Å². The van der Waals surface area contributed by atoms with Gasteiger partial charge < -0.3 is 9.64 Å².